The van der Waals surface area contributed by atoms with E-state index in [1.807, 2.05) is 12.1 Å². The lowest BCUT2D eigenvalue weighted by molar-refractivity contribution is -0.0395. The summed E-state index contributed by atoms with van der Waals surface area (Å²) in [7, 11) is 0. The van der Waals surface area contributed by atoms with Gasteiger partial charge in [-0.25, -0.2) is 15.0 Å². The molecule has 150 valence electrons. The summed E-state index contributed by atoms with van der Waals surface area (Å²) in [6, 6.07) is 3.85. The van der Waals surface area contributed by atoms with Crippen molar-refractivity contribution in [3.8, 4) is 11.5 Å². The molecule has 1 aliphatic rings. The Labute approximate surface area is 173 Å². The fourth-order valence-corrected chi connectivity index (χ4v) is 5.06. The number of nitrogens with zero attached hydrogens (tertiary/aromatic N) is 3. The third-order valence-corrected chi connectivity index (χ3v) is 6.49. The maximum atomic E-state index is 6.13. The molecule has 0 bridgehead atoms. The molecule has 7 heteroatoms. The number of fused-ring (bicyclic) bond motifs is 5. The maximum Gasteiger partial charge on any atom is 0.152 e. The van der Waals surface area contributed by atoms with Crippen LogP contribution in [0.15, 0.2) is 29.1 Å². The Hall–Kier alpha value is -2.51. The van der Waals surface area contributed by atoms with E-state index in [0.717, 1.165) is 69.1 Å². The zero-order chi connectivity index (χ0) is 20.0. The molecule has 0 spiro atoms. The van der Waals surface area contributed by atoms with Crippen molar-refractivity contribution in [3.05, 3.63) is 35.9 Å². The van der Waals surface area contributed by atoms with Crippen molar-refractivity contribution in [3.63, 3.8) is 0 Å². The molecule has 29 heavy (non-hydrogen) atoms. The first-order valence-electron chi connectivity index (χ1n) is 10.1. The van der Waals surface area contributed by atoms with E-state index >= 15 is 0 Å². The van der Waals surface area contributed by atoms with Gasteiger partial charge in [-0.2, -0.15) is 0 Å². The van der Waals surface area contributed by atoms with Gasteiger partial charge in [0.25, 0.3) is 0 Å². The van der Waals surface area contributed by atoms with Gasteiger partial charge in [0.15, 0.2) is 5.76 Å². The highest BCUT2D eigenvalue weighted by atomic mass is 32.1. The van der Waals surface area contributed by atoms with Crippen LogP contribution >= 0.6 is 11.3 Å². The minimum Gasteiger partial charge on any atom is -0.463 e. The summed E-state index contributed by atoms with van der Waals surface area (Å²) in [6.07, 6.45) is 6.40. The van der Waals surface area contributed by atoms with E-state index in [2.05, 4.69) is 36.1 Å². The van der Waals surface area contributed by atoms with Crippen LogP contribution in [-0.2, 0) is 17.8 Å². The molecule has 6 nitrogen and oxygen atoms in total. The van der Waals surface area contributed by atoms with E-state index in [-0.39, 0.29) is 5.60 Å². The molecule has 0 atom stereocenters. The molecular weight excluding hydrogens is 384 g/mol. The third kappa shape index (κ3) is 3.18. The van der Waals surface area contributed by atoms with Gasteiger partial charge in [0.2, 0.25) is 0 Å². The summed E-state index contributed by atoms with van der Waals surface area (Å²) in [4.78, 5) is 15.1. The van der Waals surface area contributed by atoms with Gasteiger partial charge in [0.05, 0.1) is 28.7 Å². The molecule has 4 aromatic rings. The molecule has 0 fully saturated rings. The Bertz CT molecular complexity index is 1180. The Morgan fingerprint density at radius 2 is 2.14 bits per heavy atom. The van der Waals surface area contributed by atoms with E-state index in [9.17, 15) is 0 Å². The smallest absolute Gasteiger partial charge is 0.152 e. The summed E-state index contributed by atoms with van der Waals surface area (Å²) in [5.41, 5.74) is 3.98. The molecule has 1 aliphatic heterocycles. The van der Waals surface area contributed by atoms with Crippen LogP contribution in [0.5, 0.6) is 0 Å². The van der Waals surface area contributed by atoms with Crippen LogP contribution in [-0.4, -0.2) is 27.1 Å². The molecule has 0 aliphatic carbocycles. The SMILES string of the molecule is CCCCNc1ncnc2c1sc1nc(-c3ccco3)c3c(c12)CC(C)(C)OC3. The van der Waals surface area contributed by atoms with Crippen molar-refractivity contribution in [2.24, 2.45) is 0 Å². The number of aromatic nitrogens is 3. The molecule has 0 aromatic carbocycles. The number of furan rings is 1. The lowest BCUT2D eigenvalue weighted by atomic mass is 9.89. The molecule has 0 amide bonds. The number of hydrogen-bond donors (Lipinski definition) is 1. The average Bonchev–Trinajstić information content (AvgIpc) is 3.35. The standard InChI is InChI=1S/C22H24N4O2S/c1-4-5-8-23-20-19-18(24-12-25-20)16-13-10-22(2,3)28-11-14(13)17(26-21(16)29-19)15-7-6-9-27-15/h6-7,9,12H,4-5,8,10-11H2,1-3H3,(H,23,24,25). The summed E-state index contributed by atoms with van der Waals surface area (Å²) in [5, 5.41) is 4.61. The van der Waals surface area contributed by atoms with E-state index in [1.54, 1.807) is 23.9 Å². The third-order valence-electron chi connectivity index (χ3n) is 5.41. The average molecular weight is 409 g/mol. The topological polar surface area (TPSA) is 73.1 Å². The molecule has 0 saturated carbocycles. The summed E-state index contributed by atoms with van der Waals surface area (Å²) in [5.74, 6) is 1.67. The number of nitrogens with one attached hydrogen (secondary N) is 1. The highest BCUT2D eigenvalue weighted by Gasteiger charge is 2.32. The van der Waals surface area contributed by atoms with Crippen LogP contribution in [0.4, 0.5) is 5.82 Å². The normalized spacial score (nSPS) is 15.7. The number of ether oxygens (including phenoxy) is 1. The first kappa shape index (κ1) is 18.5. The predicted octanol–water partition coefficient (Wildman–Crippen LogP) is 5.56. The van der Waals surface area contributed by atoms with Gasteiger partial charge in [-0.1, -0.05) is 13.3 Å². The van der Waals surface area contributed by atoms with Gasteiger partial charge in [-0.3, -0.25) is 0 Å². The van der Waals surface area contributed by atoms with Crippen molar-refractivity contribution in [2.75, 3.05) is 11.9 Å². The maximum absolute atomic E-state index is 6.13. The number of thiophene rings is 1. The summed E-state index contributed by atoms with van der Waals surface area (Å²) < 4.78 is 12.9. The second-order valence-electron chi connectivity index (χ2n) is 8.08. The molecular formula is C22H24N4O2S. The Kier molecular flexibility index (Phi) is 4.52. The predicted molar refractivity (Wildman–Crippen MR) is 116 cm³/mol. The largest absolute Gasteiger partial charge is 0.463 e. The number of anilines is 1. The molecule has 0 radical (unpaired) electrons. The Morgan fingerprint density at radius 1 is 1.24 bits per heavy atom. The van der Waals surface area contributed by atoms with Gasteiger partial charge in [0.1, 0.15) is 22.7 Å². The van der Waals surface area contributed by atoms with Crippen molar-refractivity contribution in [1.82, 2.24) is 15.0 Å². The van der Waals surface area contributed by atoms with Gasteiger partial charge in [-0.05, 0) is 38.0 Å². The first-order valence-corrected chi connectivity index (χ1v) is 10.9. The van der Waals surface area contributed by atoms with Crippen molar-refractivity contribution in [2.45, 2.75) is 52.2 Å². The van der Waals surface area contributed by atoms with Crippen LogP contribution in [0.25, 0.3) is 31.9 Å². The molecule has 4 aromatic heterocycles. The number of hydrogen-bond acceptors (Lipinski definition) is 7. The second-order valence-corrected chi connectivity index (χ2v) is 9.08. The van der Waals surface area contributed by atoms with Gasteiger partial charge in [0, 0.05) is 23.9 Å². The van der Waals surface area contributed by atoms with Crippen LogP contribution in [0.3, 0.4) is 0 Å². The zero-order valence-electron chi connectivity index (χ0n) is 16.9. The number of unbranched alkanes of at least 4 members (excludes halogenated alkanes) is 1. The van der Waals surface area contributed by atoms with Crippen molar-refractivity contribution < 1.29 is 9.15 Å². The van der Waals surface area contributed by atoms with Crippen molar-refractivity contribution in [1.29, 1.82) is 0 Å². The first-order chi connectivity index (χ1) is 14.1. The Morgan fingerprint density at radius 3 is 2.93 bits per heavy atom. The number of rotatable bonds is 5. The summed E-state index contributed by atoms with van der Waals surface area (Å²) >= 11 is 1.65. The lowest BCUT2D eigenvalue weighted by Gasteiger charge is -2.32. The summed E-state index contributed by atoms with van der Waals surface area (Å²) in [6.45, 7) is 7.88. The van der Waals surface area contributed by atoms with Crippen LogP contribution < -0.4 is 5.32 Å². The highest BCUT2D eigenvalue weighted by Crippen LogP contribution is 2.44. The highest BCUT2D eigenvalue weighted by molar-refractivity contribution is 7.26. The minimum absolute atomic E-state index is 0.231. The molecule has 5 heterocycles. The zero-order valence-corrected chi connectivity index (χ0v) is 17.7. The van der Waals surface area contributed by atoms with Gasteiger partial charge in [-0.15, -0.1) is 11.3 Å². The fraction of sp³-hybridized carbons (Fsp3) is 0.409. The van der Waals surface area contributed by atoms with Crippen LogP contribution in [0, 0.1) is 0 Å². The molecule has 5 rings (SSSR count). The van der Waals surface area contributed by atoms with E-state index < -0.39 is 0 Å². The Balaban J connectivity index is 1.77. The van der Waals surface area contributed by atoms with Crippen molar-refractivity contribution >= 4 is 37.6 Å². The second kappa shape index (κ2) is 7.07. The van der Waals surface area contributed by atoms with Crippen LogP contribution in [0.2, 0.25) is 0 Å². The van der Waals surface area contributed by atoms with Gasteiger partial charge >= 0.3 is 0 Å². The van der Waals surface area contributed by atoms with E-state index in [0.29, 0.717) is 6.61 Å². The fourth-order valence-electron chi connectivity index (χ4n) is 3.93. The van der Waals surface area contributed by atoms with E-state index in [1.165, 1.54) is 5.56 Å². The minimum atomic E-state index is -0.231. The molecule has 1 N–H and O–H groups in total. The van der Waals surface area contributed by atoms with Gasteiger partial charge < -0.3 is 14.5 Å². The lowest BCUT2D eigenvalue weighted by Crippen LogP contribution is -2.32. The monoisotopic (exact) mass is 408 g/mol. The quantitative estimate of drug-likeness (QED) is 0.436. The number of pyridine rings is 1. The van der Waals surface area contributed by atoms with Crippen LogP contribution in [0.1, 0.15) is 44.7 Å². The molecule has 0 unspecified atom stereocenters. The molecule has 0 saturated heterocycles. The van der Waals surface area contributed by atoms with E-state index in [4.69, 9.17) is 14.1 Å².